The average molecular weight is 346 g/mol. The van der Waals surface area contributed by atoms with Gasteiger partial charge in [-0.2, -0.15) is 8.42 Å². The van der Waals surface area contributed by atoms with Crippen molar-refractivity contribution in [3.63, 3.8) is 0 Å². The fraction of sp³-hybridized carbons (Fsp3) is 0.250. The van der Waals surface area contributed by atoms with E-state index in [9.17, 15) is 12.3 Å². The molecule has 0 bridgehead atoms. The predicted octanol–water partition coefficient (Wildman–Crippen LogP) is 3.13. The van der Waals surface area contributed by atoms with Crippen LogP contribution in [0.25, 0.3) is 0 Å². The SMILES string of the molecule is O=S(=O)(F)c1cc(CBr)cc(CBr)c1. The van der Waals surface area contributed by atoms with Crippen LogP contribution in [0.15, 0.2) is 23.1 Å². The molecule has 0 atom stereocenters. The fourth-order valence-corrected chi connectivity index (χ4v) is 2.26. The maximum atomic E-state index is 12.7. The Bertz CT molecular complexity index is 409. The van der Waals surface area contributed by atoms with Crippen LogP contribution in [0.4, 0.5) is 3.89 Å². The summed E-state index contributed by atoms with van der Waals surface area (Å²) in [5.41, 5.74) is 1.47. The largest absolute Gasteiger partial charge is 0.332 e. The molecule has 1 aromatic carbocycles. The number of benzene rings is 1. The van der Waals surface area contributed by atoms with E-state index in [-0.39, 0.29) is 4.90 Å². The van der Waals surface area contributed by atoms with Crippen molar-refractivity contribution in [2.24, 2.45) is 0 Å². The van der Waals surface area contributed by atoms with Crippen molar-refractivity contribution in [3.8, 4) is 0 Å². The zero-order chi connectivity index (χ0) is 10.8. The highest BCUT2D eigenvalue weighted by molar-refractivity contribution is 9.08. The van der Waals surface area contributed by atoms with Crippen molar-refractivity contribution in [1.82, 2.24) is 0 Å². The summed E-state index contributed by atoms with van der Waals surface area (Å²) < 4.78 is 34.0. The third-order valence-corrected chi connectivity index (χ3v) is 3.71. The van der Waals surface area contributed by atoms with Gasteiger partial charge in [-0.25, -0.2) is 0 Å². The highest BCUT2D eigenvalue weighted by atomic mass is 79.9. The van der Waals surface area contributed by atoms with Crippen molar-refractivity contribution >= 4 is 42.1 Å². The highest BCUT2D eigenvalue weighted by Crippen LogP contribution is 2.20. The van der Waals surface area contributed by atoms with Gasteiger partial charge in [0.25, 0.3) is 0 Å². The summed E-state index contributed by atoms with van der Waals surface area (Å²) >= 11 is 6.38. The summed E-state index contributed by atoms with van der Waals surface area (Å²) in [5, 5.41) is 0.993. The first-order chi connectivity index (χ1) is 6.47. The minimum atomic E-state index is -4.61. The smallest absolute Gasteiger partial charge is 0.189 e. The Kier molecular flexibility index (Phi) is 4.09. The molecule has 2 nitrogen and oxygen atoms in total. The molecule has 0 unspecified atom stereocenters. The van der Waals surface area contributed by atoms with E-state index in [2.05, 4.69) is 31.9 Å². The summed E-state index contributed by atoms with van der Waals surface area (Å²) in [6, 6.07) is 4.44. The Labute approximate surface area is 99.0 Å². The zero-order valence-electron chi connectivity index (χ0n) is 7.00. The fourth-order valence-electron chi connectivity index (χ4n) is 1.02. The van der Waals surface area contributed by atoms with Gasteiger partial charge in [-0.3, -0.25) is 0 Å². The molecule has 0 amide bonds. The molecule has 0 aliphatic heterocycles. The molecular weight excluding hydrogens is 339 g/mol. The van der Waals surface area contributed by atoms with Gasteiger partial charge >= 0.3 is 10.2 Å². The standard InChI is InChI=1S/C8H7Br2FO2S/c9-4-6-1-7(5-10)3-8(2-6)14(11,12)13/h1-3H,4-5H2. The molecule has 78 valence electrons. The van der Waals surface area contributed by atoms with Crippen LogP contribution in [0, 0.1) is 0 Å². The van der Waals surface area contributed by atoms with E-state index in [1.807, 2.05) is 0 Å². The molecule has 0 aliphatic rings. The van der Waals surface area contributed by atoms with E-state index < -0.39 is 10.2 Å². The van der Waals surface area contributed by atoms with Crippen LogP contribution in [-0.2, 0) is 20.9 Å². The first kappa shape index (κ1) is 12.1. The second-order valence-corrected chi connectivity index (χ2v) is 5.16. The first-order valence-corrected chi connectivity index (χ1v) is 7.29. The molecule has 0 aliphatic carbocycles. The molecular formula is C8H7Br2FO2S. The summed E-state index contributed by atoms with van der Waals surface area (Å²) in [5.74, 6) is 0. The quantitative estimate of drug-likeness (QED) is 0.623. The van der Waals surface area contributed by atoms with Crippen molar-refractivity contribution in [1.29, 1.82) is 0 Å². The second kappa shape index (κ2) is 4.72. The van der Waals surface area contributed by atoms with Crippen LogP contribution in [-0.4, -0.2) is 8.42 Å². The number of hydrogen-bond donors (Lipinski definition) is 0. The number of halogens is 3. The van der Waals surface area contributed by atoms with Crippen LogP contribution < -0.4 is 0 Å². The minimum absolute atomic E-state index is 0.288. The molecule has 0 N–H and O–H groups in total. The van der Waals surface area contributed by atoms with Gasteiger partial charge in [0.1, 0.15) is 0 Å². The zero-order valence-corrected chi connectivity index (χ0v) is 11.0. The topological polar surface area (TPSA) is 34.1 Å². The van der Waals surface area contributed by atoms with Crippen molar-refractivity contribution in [3.05, 3.63) is 29.3 Å². The lowest BCUT2D eigenvalue weighted by atomic mass is 10.2. The molecule has 0 aromatic heterocycles. The van der Waals surface area contributed by atoms with Crippen molar-refractivity contribution in [2.45, 2.75) is 15.6 Å². The summed E-state index contributed by atoms with van der Waals surface area (Å²) in [4.78, 5) is -0.288. The number of rotatable bonds is 3. The van der Waals surface area contributed by atoms with Crippen LogP contribution >= 0.6 is 31.9 Å². The van der Waals surface area contributed by atoms with Crippen molar-refractivity contribution in [2.75, 3.05) is 0 Å². The van der Waals surface area contributed by atoms with Gasteiger partial charge in [-0.15, -0.1) is 3.89 Å². The normalized spacial score (nSPS) is 11.6. The van der Waals surface area contributed by atoms with Gasteiger partial charge in [0, 0.05) is 10.7 Å². The third-order valence-electron chi connectivity index (χ3n) is 1.62. The maximum Gasteiger partial charge on any atom is 0.332 e. The lowest BCUT2D eigenvalue weighted by Crippen LogP contribution is -1.95. The molecule has 0 heterocycles. The monoisotopic (exact) mass is 344 g/mol. The average Bonchev–Trinajstić information content (AvgIpc) is 2.15. The molecule has 1 aromatic rings. The lowest BCUT2D eigenvalue weighted by Gasteiger charge is -2.02. The molecule has 0 saturated carbocycles. The molecule has 6 heteroatoms. The Morgan fingerprint density at radius 1 is 1.07 bits per heavy atom. The Hall–Kier alpha value is 0.0600. The van der Waals surface area contributed by atoms with E-state index in [1.54, 1.807) is 6.07 Å². The predicted molar refractivity (Wildman–Crippen MR) is 60.0 cm³/mol. The molecule has 0 radical (unpaired) electrons. The lowest BCUT2D eigenvalue weighted by molar-refractivity contribution is 0.552. The summed E-state index contributed by atoms with van der Waals surface area (Å²) in [6.07, 6.45) is 0. The van der Waals surface area contributed by atoms with Gasteiger partial charge in [0.2, 0.25) is 0 Å². The Balaban J connectivity index is 3.32. The molecule has 0 saturated heterocycles. The first-order valence-electron chi connectivity index (χ1n) is 3.67. The van der Waals surface area contributed by atoms with Gasteiger partial charge in [0.05, 0.1) is 4.90 Å². The van der Waals surface area contributed by atoms with E-state index >= 15 is 0 Å². The van der Waals surface area contributed by atoms with E-state index in [4.69, 9.17) is 0 Å². The maximum absolute atomic E-state index is 12.7. The third kappa shape index (κ3) is 3.03. The van der Waals surface area contributed by atoms with Crippen LogP contribution in [0.5, 0.6) is 0 Å². The van der Waals surface area contributed by atoms with Gasteiger partial charge in [0.15, 0.2) is 0 Å². The Morgan fingerprint density at radius 2 is 1.50 bits per heavy atom. The summed E-state index contributed by atoms with van der Waals surface area (Å²) in [6.45, 7) is 0. The van der Waals surface area contributed by atoms with E-state index in [0.29, 0.717) is 10.7 Å². The van der Waals surface area contributed by atoms with Crippen molar-refractivity contribution < 1.29 is 12.3 Å². The van der Waals surface area contributed by atoms with Crippen LogP contribution in [0.1, 0.15) is 11.1 Å². The van der Waals surface area contributed by atoms with Crippen LogP contribution in [0.3, 0.4) is 0 Å². The summed E-state index contributed by atoms with van der Waals surface area (Å²) in [7, 11) is -4.61. The second-order valence-electron chi connectivity index (χ2n) is 2.69. The van der Waals surface area contributed by atoms with Gasteiger partial charge < -0.3 is 0 Å². The minimum Gasteiger partial charge on any atom is -0.189 e. The van der Waals surface area contributed by atoms with Crippen LogP contribution in [0.2, 0.25) is 0 Å². The molecule has 0 fully saturated rings. The van der Waals surface area contributed by atoms with E-state index in [1.165, 1.54) is 12.1 Å². The van der Waals surface area contributed by atoms with Gasteiger partial charge in [-0.05, 0) is 23.3 Å². The Morgan fingerprint density at radius 3 is 1.79 bits per heavy atom. The molecule has 14 heavy (non-hydrogen) atoms. The number of alkyl halides is 2. The highest BCUT2D eigenvalue weighted by Gasteiger charge is 2.13. The van der Waals surface area contributed by atoms with Gasteiger partial charge in [-0.1, -0.05) is 37.9 Å². The molecule has 1 rings (SSSR count). The molecule has 0 spiro atoms. The number of hydrogen-bond acceptors (Lipinski definition) is 2. The van der Waals surface area contributed by atoms with E-state index in [0.717, 1.165) is 11.1 Å².